The molecule has 0 saturated heterocycles. The fraction of sp³-hybridized carbons (Fsp3) is 0.824. The molecule has 10 saturated carbocycles. The number of carbonyl (C=O) groups is 2. The number of ether oxygens (including phenoxy) is 1. The van der Waals surface area contributed by atoms with Gasteiger partial charge in [0.25, 0.3) is 0 Å². The molecule has 0 radical (unpaired) electrons. The van der Waals surface area contributed by atoms with Gasteiger partial charge < -0.3 is 14.9 Å². The van der Waals surface area contributed by atoms with Crippen LogP contribution in [-0.4, -0.2) is 44.9 Å². The minimum atomic E-state index is -0.485. The Morgan fingerprint density at radius 1 is 0.695 bits per heavy atom. The minimum absolute atomic E-state index is 0.0295. The topological polar surface area (TPSA) is 88.2 Å². The van der Waals surface area contributed by atoms with Gasteiger partial charge in [-0.15, -0.1) is 0 Å². The van der Waals surface area contributed by atoms with Gasteiger partial charge in [0.2, 0.25) is 5.69 Å². The van der Waals surface area contributed by atoms with E-state index in [9.17, 15) is 24.2 Å². The van der Waals surface area contributed by atoms with E-state index in [0.717, 1.165) is 91.8 Å². The highest BCUT2D eigenvalue weighted by Crippen LogP contribution is 2.76. The average Bonchev–Trinajstić information content (AvgIpc) is 4.11. The lowest BCUT2D eigenvalue weighted by Gasteiger charge is -2.57. The van der Waals surface area contributed by atoms with E-state index in [1.54, 1.807) is 0 Å². The molecule has 0 amide bonds. The zero-order valence-electron chi connectivity index (χ0n) is 36.0. The highest BCUT2D eigenvalue weighted by Gasteiger charge is 2.72. The number of fused-ring (bicyclic) bond motifs is 14. The third-order valence-electron chi connectivity index (χ3n) is 20.3. The molecular formula is C51H69BrFNO5. The highest BCUT2D eigenvalue weighted by molar-refractivity contribution is 9.09. The van der Waals surface area contributed by atoms with Crippen molar-refractivity contribution in [3.05, 3.63) is 35.4 Å². The van der Waals surface area contributed by atoms with E-state index in [0.29, 0.717) is 52.4 Å². The summed E-state index contributed by atoms with van der Waals surface area (Å²) in [6.45, 7) is 16.2. The first kappa shape index (κ1) is 41.2. The third kappa shape index (κ3) is 6.76. The number of nitrogens with zero attached hydrogens (tertiary/aromatic N) is 1. The van der Waals surface area contributed by atoms with Crippen molar-refractivity contribution in [2.75, 3.05) is 11.9 Å². The summed E-state index contributed by atoms with van der Waals surface area (Å²) in [5.74, 6) is 11.3. The number of ketones is 2. The van der Waals surface area contributed by atoms with Crippen LogP contribution in [0, 0.1) is 118 Å². The molecule has 2 N–H and O–H groups in total. The summed E-state index contributed by atoms with van der Waals surface area (Å²) >= 11 is 3.46. The summed E-state index contributed by atoms with van der Waals surface area (Å²) in [5.41, 5.74) is -0.447. The van der Waals surface area contributed by atoms with Crippen molar-refractivity contribution in [2.45, 2.75) is 142 Å². The molecule has 0 bridgehead atoms. The van der Waals surface area contributed by atoms with Crippen LogP contribution in [0.25, 0.3) is 4.85 Å². The number of aliphatic hydroxyl groups is 2. The molecule has 0 heterocycles. The van der Waals surface area contributed by atoms with Gasteiger partial charge in [-0.3, -0.25) is 9.59 Å². The maximum atomic E-state index is 13.5. The summed E-state index contributed by atoms with van der Waals surface area (Å²) in [6, 6.07) is 3.90. The number of carbonyl (C=O) groups excluding carboxylic acids is 2. The van der Waals surface area contributed by atoms with Crippen LogP contribution < -0.4 is 4.74 Å². The lowest BCUT2D eigenvalue weighted by Crippen LogP contribution is -2.52. The van der Waals surface area contributed by atoms with Gasteiger partial charge in [0, 0.05) is 11.8 Å². The molecule has 59 heavy (non-hydrogen) atoms. The molecule has 10 aliphatic rings. The normalized spacial score (nSPS) is 51.8. The fourth-order valence-corrected chi connectivity index (χ4v) is 18.7. The summed E-state index contributed by atoms with van der Waals surface area (Å²) in [7, 11) is 0. The molecule has 322 valence electrons. The van der Waals surface area contributed by atoms with Crippen LogP contribution in [0.2, 0.25) is 0 Å². The van der Waals surface area contributed by atoms with Gasteiger partial charge in [0.1, 0.15) is 24.0 Å². The smallest absolute Gasteiger partial charge is 0.231 e. The first-order valence-corrected chi connectivity index (χ1v) is 25.1. The maximum absolute atomic E-state index is 13.5. The van der Waals surface area contributed by atoms with Gasteiger partial charge in [0.15, 0.2) is 5.78 Å². The SMILES string of the molecule is C[C@@]1(O)CC[C@H]2[C@H](CC[C@@H]3[C@@H]2CC[C@@]2(C)[C@H]3[C@@H]3C[C@@H]3[C@@H]2C(=O)CBr)C1.[C-]#[N+]c1cc(F)ccc1OCC(=O)[C@H]1[C@H]2C[C@H]2[C@H]2[C@@H]3CC[C@@H]4C[C@](C)(O)CC[C@@H]4[C@H]3CC[C@@]21C. The van der Waals surface area contributed by atoms with Crippen LogP contribution in [0.4, 0.5) is 10.1 Å². The first-order chi connectivity index (χ1) is 28.1. The van der Waals surface area contributed by atoms with Gasteiger partial charge in [-0.2, -0.15) is 0 Å². The molecule has 20 atom stereocenters. The number of rotatable bonds is 6. The molecule has 1 aromatic rings. The molecule has 0 aliphatic heterocycles. The van der Waals surface area contributed by atoms with Crippen LogP contribution in [0.5, 0.6) is 5.75 Å². The Labute approximate surface area is 360 Å². The molecule has 11 rings (SSSR count). The summed E-state index contributed by atoms with van der Waals surface area (Å²) < 4.78 is 19.3. The summed E-state index contributed by atoms with van der Waals surface area (Å²) in [5, 5.41) is 21.7. The number of hydrogen-bond donors (Lipinski definition) is 2. The lowest BCUT2D eigenvalue weighted by molar-refractivity contribution is -0.137. The molecule has 8 heteroatoms. The van der Waals surface area contributed by atoms with E-state index < -0.39 is 17.0 Å². The molecule has 0 spiro atoms. The van der Waals surface area contributed by atoms with Crippen molar-refractivity contribution in [1.29, 1.82) is 0 Å². The summed E-state index contributed by atoms with van der Waals surface area (Å²) in [4.78, 5) is 29.6. The standard InChI is InChI=1S/C29H36FNO3.C22H33BrO2/c1-28(33)10-8-18-16(14-28)4-6-20-19(18)9-11-29(2)26(20)21-13-22(21)27(29)24(32)15-34-25-7-5-17(30)12-23(25)31-3;1-21(25)7-5-13-12(10-21)3-4-15-14(13)6-8-22(2)19(15)16-9-17(16)20(22)18(24)11-23/h5,7,12,16,18-22,26-27,33H,4,6,8-11,13-15H2,1-2H3;12-17,19-20,25H,3-11H2,1-2H3/t16-,18+,19-,20-,21-,22+,26-,27-,28-,29+;12-,13+,14-,15-,16-,17+,19-,20-,21-,22+/m11/s1. The first-order valence-electron chi connectivity index (χ1n) is 23.9. The molecule has 6 nitrogen and oxygen atoms in total. The van der Waals surface area contributed by atoms with E-state index in [2.05, 4.69) is 41.5 Å². The monoisotopic (exact) mass is 873 g/mol. The molecular weight excluding hydrogens is 805 g/mol. The Bertz CT molecular complexity index is 1890. The van der Waals surface area contributed by atoms with E-state index in [-0.39, 0.29) is 34.8 Å². The van der Waals surface area contributed by atoms with E-state index in [1.165, 1.54) is 82.4 Å². The van der Waals surface area contributed by atoms with Gasteiger partial charge in [0.05, 0.1) is 23.1 Å². The Balaban J connectivity index is 0.000000149. The largest absolute Gasteiger partial charge is 0.497 e. The quantitative estimate of drug-likeness (QED) is 0.220. The van der Waals surface area contributed by atoms with E-state index >= 15 is 0 Å². The van der Waals surface area contributed by atoms with Crippen molar-refractivity contribution >= 4 is 33.2 Å². The van der Waals surface area contributed by atoms with Crippen LogP contribution in [0.1, 0.15) is 130 Å². The van der Waals surface area contributed by atoms with Crippen molar-refractivity contribution in [3.8, 4) is 5.75 Å². The molecule has 1 aromatic carbocycles. The number of Topliss-reactive ketones (excluding diaryl/α,β-unsaturated/α-hetero) is 2. The number of benzene rings is 1. The molecule has 0 unspecified atom stereocenters. The highest BCUT2D eigenvalue weighted by atomic mass is 79.9. The van der Waals surface area contributed by atoms with Crippen LogP contribution in [0.3, 0.4) is 0 Å². The summed E-state index contributed by atoms with van der Waals surface area (Å²) in [6.07, 6.45) is 18.9. The molecule has 10 aliphatic carbocycles. The Morgan fingerprint density at radius 3 is 1.68 bits per heavy atom. The Hall–Kier alpha value is -1.82. The van der Waals surface area contributed by atoms with Crippen molar-refractivity contribution in [2.24, 2.45) is 106 Å². The van der Waals surface area contributed by atoms with Gasteiger partial charge in [-0.25, -0.2) is 9.24 Å². The number of hydrogen-bond acceptors (Lipinski definition) is 5. The van der Waals surface area contributed by atoms with E-state index in [1.807, 2.05) is 6.92 Å². The second kappa shape index (κ2) is 14.6. The van der Waals surface area contributed by atoms with Crippen LogP contribution in [-0.2, 0) is 9.59 Å². The zero-order valence-corrected chi connectivity index (χ0v) is 37.6. The predicted molar refractivity (Wildman–Crippen MR) is 229 cm³/mol. The van der Waals surface area contributed by atoms with Crippen molar-refractivity contribution < 1.29 is 28.9 Å². The second-order valence-electron chi connectivity index (χ2n) is 23.4. The lowest BCUT2D eigenvalue weighted by atomic mass is 9.48. The van der Waals surface area contributed by atoms with Crippen LogP contribution in [0.15, 0.2) is 18.2 Å². The third-order valence-corrected chi connectivity index (χ3v) is 20.8. The van der Waals surface area contributed by atoms with Gasteiger partial charge >= 0.3 is 0 Å². The fourth-order valence-electron chi connectivity index (χ4n) is 18.3. The van der Waals surface area contributed by atoms with Gasteiger partial charge in [-0.1, -0.05) is 29.8 Å². The predicted octanol–water partition coefficient (Wildman–Crippen LogP) is 11.0. The van der Waals surface area contributed by atoms with Crippen LogP contribution >= 0.6 is 15.9 Å². The number of halogens is 2. The molecule has 0 aromatic heterocycles. The maximum Gasteiger partial charge on any atom is 0.231 e. The van der Waals surface area contributed by atoms with Crippen molar-refractivity contribution in [3.63, 3.8) is 0 Å². The zero-order chi connectivity index (χ0) is 41.4. The Morgan fingerprint density at radius 2 is 1.19 bits per heavy atom. The van der Waals surface area contributed by atoms with Crippen molar-refractivity contribution in [1.82, 2.24) is 0 Å². The molecule has 10 fully saturated rings. The number of alkyl halides is 1. The minimum Gasteiger partial charge on any atom is -0.497 e. The second-order valence-corrected chi connectivity index (χ2v) is 24.0. The Kier molecular flexibility index (Phi) is 10.2. The average molecular weight is 875 g/mol. The van der Waals surface area contributed by atoms with E-state index in [4.69, 9.17) is 11.3 Å². The van der Waals surface area contributed by atoms with Gasteiger partial charge in [-0.05, 0) is 228 Å².